The van der Waals surface area contributed by atoms with E-state index in [1.165, 1.54) is 96.1 Å². The predicted octanol–water partition coefficient (Wildman–Crippen LogP) is 13.8. The maximum absolute atomic E-state index is 12.7. The van der Waals surface area contributed by atoms with Gasteiger partial charge in [0, 0.05) is 74.6 Å². The van der Waals surface area contributed by atoms with Gasteiger partial charge in [0.1, 0.15) is 6.16 Å². The van der Waals surface area contributed by atoms with Gasteiger partial charge in [-0.2, -0.15) is 0 Å². The second kappa shape index (κ2) is 44.0. The first-order valence-corrected chi connectivity index (χ1v) is 27.7. The van der Waals surface area contributed by atoms with Gasteiger partial charge in [0.25, 0.3) is 0 Å². The first kappa shape index (κ1) is 59.8. The molecular weight excluding hydrogens is 790 g/mol. The van der Waals surface area contributed by atoms with Crippen LogP contribution in [0.3, 0.4) is 0 Å². The third-order valence-corrected chi connectivity index (χ3v) is 13.2. The molecule has 5 N–H and O–H groups in total. The Balaban J connectivity index is 5.47. The summed E-state index contributed by atoms with van der Waals surface area (Å²) in [5, 5.41) is 18.2. The number of terminal acetylenes is 2. The van der Waals surface area contributed by atoms with E-state index in [-0.39, 0.29) is 19.0 Å². The Kier molecular flexibility index (Phi) is 41.8. The van der Waals surface area contributed by atoms with Crippen molar-refractivity contribution in [1.29, 1.82) is 0 Å². The lowest BCUT2D eigenvalue weighted by Gasteiger charge is -2.37. The Hall–Kier alpha value is -3.18. The number of hydrogen-bond donors (Lipinski definition) is 5. The SMILES string of the molecule is C#CCCCCCCCNC(=C)CCC(CCC(=C)NCCCCCCC=C)(CCC(=C)NCCCCCCCC#C)NCC(=C)CCCC(=O)NCCCCCCCC[P+](=C)C. The molecule has 0 radical (unpaired) electrons. The summed E-state index contributed by atoms with van der Waals surface area (Å²) in [4.78, 5) is 12.7. The molecule has 1 atom stereocenters. The Morgan fingerprint density at radius 1 is 0.540 bits per heavy atom. The fraction of sp³-hybridized carbons (Fsp3) is 0.714. The molecule has 358 valence electrons. The minimum atomic E-state index is -0.161. The van der Waals surface area contributed by atoms with Gasteiger partial charge in [-0.05, 0) is 116 Å². The molecule has 1 amide bonds. The smallest absolute Gasteiger partial charge is 0.220 e. The van der Waals surface area contributed by atoms with Crippen LogP contribution < -0.4 is 26.6 Å². The van der Waals surface area contributed by atoms with E-state index in [2.05, 4.69) is 84.3 Å². The van der Waals surface area contributed by atoms with Crippen molar-refractivity contribution in [1.82, 2.24) is 26.6 Å². The van der Waals surface area contributed by atoms with Crippen LogP contribution in [-0.4, -0.2) is 63.3 Å². The van der Waals surface area contributed by atoms with E-state index in [1.54, 1.807) is 0 Å². The quantitative estimate of drug-likeness (QED) is 0.0182. The van der Waals surface area contributed by atoms with Crippen molar-refractivity contribution in [3.63, 3.8) is 0 Å². The molecule has 0 aromatic carbocycles. The Labute approximate surface area is 392 Å². The Morgan fingerprint density at radius 2 is 0.937 bits per heavy atom. The Morgan fingerprint density at radius 3 is 1.37 bits per heavy atom. The average molecular weight is 889 g/mol. The standard InChI is InChI=1S/C56H98N5OP/c1-10-13-16-19-22-27-32-46-58-53(6)40-43-56(42-39-52(5)57-45-31-26-21-18-15-12-3,44-41-54(7)59-47-33-28-23-20-17-14-11-2)61-50-51(4)37-36-38-55(62)60-48-34-29-24-25-30-35-49-63(8)9/h1-2,12,57-59,61H,3-8,13-50H2,9H3/p+1. The monoisotopic (exact) mass is 889 g/mol. The number of nitrogens with one attached hydrogen (secondary N) is 5. The molecule has 0 aliphatic heterocycles. The molecule has 0 saturated carbocycles. The molecule has 0 saturated heterocycles. The molecule has 0 bridgehead atoms. The number of carbonyl (C=O) groups is 1. The molecule has 0 aromatic heterocycles. The van der Waals surface area contributed by atoms with Crippen molar-refractivity contribution in [2.45, 2.75) is 211 Å². The summed E-state index contributed by atoms with van der Waals surface area (Å²) in [6.07, 6.45) is 53.0. The lowest BCUT2D eigenvalue weighted by molar-refractivity contribution is -0.121. The van der Waals surface area contributed by atoms with E-state index in [0.717, 1.165) is 165 Å². The number of hydrogen-bond acceptors (Lipinski definition) is 5. The van der Waals surface area contributed by atoms with E-state index in [9.17, 15) is 4.79 Å². The summed E-state index contributed by atoms with van der Waals surface area (Å²) in [6.45, 7) is 28.4. The van der Waals surface area contributed by atoms with Crippen molar-refractivity contribution in [3.8, 4) is 24.7 Å². The average Bonchev–Trinajstić information content (AvgIpc) is 3.26. The summed E-state index contributed by atoms with van der Waals surface area (Å²) in [7, 11) is -0.0111. The summed E-state index contributed by atoms with van der Waals surface area (Å²) in [6, 6.07) is 0. The molecular formula is C56H99N5OP+. The number of amides is 1. The van der Waals surface area contributed by atoms with Gasteiger partial charge < -0.3 is 26.6 Å². The molecule has 63 heavy (non-hydrogen) atoms. The largest absolute Gasteiger partial charge is 0.389 e. The van der Waals surface area contributed by atoms with Crippen molar-refractivity contribution in [2.24, 2.45) is 0 Å². The fourth-order valence-electron chi connectivity index (χ4n) is 7.83. The molecule has 0 rings (SSSR count). The summed E-state index contributed by atoms with van der Waals surface area (Å²) >= 11 is 0. The second-order valence-electron chi connectivity index (χ2n) is 18.3. The van der Waals surface area contributed by atoms with Crippen molar-refractivity contribution < 1.29 is 4.79 Å². The van der Waals surface area contributed by atoms with Crippen LogP contribution in [0.25, 0.3) is 0 Å². The highest BCUT2D eigenvalue weighted by atomic mass is 31.1. The van der Waals surface area contributed by atoms with Crippen LogP contribution in [0.4, 0.5) is 0 Å². The zero-order valence-corrected chi connectivity index (χ0v) is 42.1. The van der Waals surface area contributed by atoms with E-state index in [1.807, 2.05) is 6.08 Å². The van der Waals surface area contributed by atoms with Crippen molar-refractivity contribution in [2.75, 3.05) is 45.6 Å². The second-order valence-corrected chi connectivity index (χ2v) is 20.5. The molecule has 7 heteroatoms. The van der Waals surface area contributed by atoms with Crippen LogP contribution in [0, 0.1) is 24.7 Å². The predicted molar refractivity (Wildman–Crippen MR) is 285 cm³/mol. The molecule has 0 spiro atoms. The van der Waals surface area contributed by atoms with E-state index < -0.39 is 0 Å². The van der Waals surface area contributed by atoms with Crippen molar-refractivity contribution >= 4 is 19.8 Å². The maximum atomic E-state index is 12.7. The van der Waals surface area contributed by atoms with Crippen LogP contribution in [-0.2, 0) is 4.79 Å². The minimum absolute atomic E-state index is 0.0111. The number of unbranched alkanes of at least 4 members (excludes halogenated alkanes) is 19. The number of allylic oxidation sites excluding steroid dienone is 4. The Bertz CT molecular complexity index is 1280. The van der Waals surface area contributed by atoms with Crippen LogP contribution >= 0.6 is 7.55 Å². The van der Waals surface area contributed by atoms with Crippen LogP contribution in [0.15, 0.2) is 61.6 Å². The van der Waals surface area contributed by atoms with Gasteiger partial charge in [-0.1, -0.05) is 109 Å². The van der Waals surface area contributed by atoms with Gasteiger partial charge in [-0.15, -0.1) is 31.3 Å². The first-order chi connectivity index (χ1) is 30.6. The third-order valence-electron chi connectivity index (χ3n) is 12.1. The lowest BCUT2D eigenvalue weighted by atomic mass is 9.82. The molecule has 0 fully saturated rings. The topological polar surface area (TPSA) is 77.2 Å². The van der Waals surface area contributed by atoms with Gasteiger partial charge in [-0.3, -0.25) is 4.79 Å². The summed E-state index contributed by atoms with van der Waals surface area (Å²) < 4.78 is 0. The van der Waals surface area contributed by atoms with E-state index in [4.69, 9.17) is 12.8 Å². The first-order valence-electron chi connectivity index (χ1n) is 25.5. The molecule has 0 aromatic rings. The van der Waals surface area contributed by atoms with E-state index >= 15 is 0 Å². The van der Waals surface area contributed by atoms with E-state index in [0.29, 0.717) is 6.42 Å². The van der Waals surface area contributed by atoms with Gasteiger partial charge in [0.05, 0.1) is 20.5 Å². The number of rotatable bonds is 49. The van der Waals surface area contributed by atoms with Crippen LogP contribution in [0.5, 0.6) is 0 Å². The van der Waals surface area contributed by atoms with Gasteiger partial charge in [0.15, 0.2) is 0 Å². The van der Waals surface area contributed by atoms with Crippen LogP contribution in [0.1, 0.15) is 205 Å². The van der Waals surface area contributed by atoms with Gasteiger partial charge >= 0.3 is 0 Å². The highest BCUT2D eigenvalue weighted by Crippen LogP contribution is 2.30. The molecule has 0 aliphatic carbocycles. The fourth-order valence-corrected chi connectivity index (χ4v) is 8.60. The molecule has 0 heterocycles. The summed E-state index contributed by atoms with van der Waals surface area (Å²) in [5.74, 6) is 5.66. The molecule has 6 nitrogen and oxygen atoms in total. The zero-order chi connectivity index (χ0) is 46.5. The third kappa shape index (κ3) is 41.3. The highest BCUT2D eigenvalue weighted by Gasteiger charge is 2.30. The molecule has 0 aliphatic rings. The highest BCUT2D eigenvalue weighted by molar-refractivity contribution is 7.54. The zero-order valence-electron chi connectivity index (χ0n) is 41.2. The maximum Gasteiger partial charge on any atom is 0.220 e. The van der Waals surface area contributed by atoms with Crippen LogP contribution in [0.2, 0.25) is 0 Å². The van der Waals surface area contributed by atoms with Crippen molar-refractivity contribution in [3.05, 3.63) is 61.6 Å². The van der Waals surface area contributed by atoms with Gasteiger partial charge in [0.2, 0.25) is 5.91 Å². The summed E-state index contributed by atoms with van der Waals surface area (Å²) in [5.41, 5.74) is 4.30. The normalized spacial score (nSPS) is 11.3. The molecule has 1 unspecified atom stereocenters. The lowest BCUT2D eigenvalue weighted by Crippen LogP contribution is -2.47. The van der Waals surface area contributed by atoms with Gasteiger partial charge in [-0.25, -0.2) is 0 Å². The number of carbonyl (C=O) groups excluding carboxylic acids is 1. The minimum Gasteiger partial charge on any atom is -0.389 e.